The highest BCUT2D eigenvalue weighted by Gasteiger charge is 2.30. The average molecular weight is 366 g/mol. The Hall–Kier alpha value is -1.56. The third-order valence-corrected chi connectivity index (χ3v) is 6.53. The topological polar surface area (TPSA) is 46.6 Å². The Bertz CT molecular complexity index is 800. The normalized spacial score (nSPS) is 16.9. The highest BCUT2D eigenvalue weighted by atomic mass is 35.5. The van der Waals surface area contributed by atoms with Gasteiger partial charge < -0.3 is 4.74 Å². The predicted octanol–water partition coefficient (Wildman–Crippen LogP) is 3.88. The summed E-state index contributed by atoms with van der Waals surface area (Å²) in [6.07, 6.45) is 1.39. The number of piperidine rings is 1. The van der Waals surface area contributed by atoms with Crippen LogP contribution < -0.4 is 4.74 Å². The second-order valence-corrected chi connectivity index (χ2v) is 8.29. The number of halogens is 1. The Morgan fingerprint density at radius 3 is 2.38 bits per heavy atom. The third kappa shape index (κ3) is 3.74. The van der Waals surface area contributed by atoms with Crippen LogP contribution in [-0.2, 0) is 10.0 Å². The van der Waals surface area contributed by atoms with Crippen LogP contribution in [0.3, 0.4) is 0 Å². The van der Waals surface area contributed by atoms with Crippen LogP contribution in [0.5, 0.6) is 5.75 Å². The summed E-state index contributed by atoms with van der Waals surface area (Å²) in [7, 11) is -3.50. The predicted molar refractivity (Wildman–Crippen MR) is 95.0 cm³/mol. The van der Waals surface area contributed by atoms with E-state index in [1.165, 1.54) is 10.4 Å². The molecule has 0 atom stereocenters. The van der Waals surface area contributed by atoms with Crippen molar-refractivity contribution in [1.29, 1.82) is 0 Å². The van der Waals surface area contributed by atoms with E-state index in [4.69, 9.17) is 16.3 Å². The maximum atomic E-state index is 12.7. The lowest BCUT2D eigenvalue weighted by atomic mass is 10.1. The molecule has 24 heavy (non-hydrogen) atoms. The number of rotatable bonds is 4. The highest BCUT2D eigenvalue weighted by Crippen LogP contribution is 2.26. The number of hydrogen-bond donors (Lipinski definition) is 0. The molecule has 0 aliphatic carbocycles. The Morgan fingerprint density at radius 1 is 1.08 bits per heavy atom. The van der Waals surface area contributed by atoms with Crippen molar-refractivity contribution in [2.75, 3.05) is 13.1 Å². The molecule has 1 aliphatic heterocycles. The minimum absolute atomic E-state index is 0.0421. The number of sulfonamides is 1. The fourth-order valence-electron chi connectivity index (χ4n) is 2.76. The van der Waals surface area contributed by atoms with Gasteiger partial charge in [-0.2, -0.15) is 4.31 Å². The molecule has 0 radical (unpaired) electrons. The number of benzene rings is 2. The molecule has 0 amide bonds. The van der Waals surface area contributed by atoms with Crippen molar-refractivity contribution in [3.8, 4) is 5.75 Å². The van der Waals surface area contributed by atoms with Crippen LogP contribution in [-0.4, -0.2) is 31.9 Å². The number of nitrogens with zero attached hydrogens (tertiary/aromatic N) is 1. The van der Waals surface area contributed by atoms with Gasteiger partial charge in [-0.15, -0.1) is 0 Å². The summed E-state index contributed by atoms with van der Waals surface area (Å²) in [6.45, 7) is 2.75. The molecule has 3 rings (SSSR count). The van der Waals surface area contributed by atoms with Gasteiger partial charge in [0.05, 0.1) is 4.90 Å². The third-order valence-electron chi connectivity index (χ3n) is 4.23. The zero-order valence-electron chi connectivity index (χ0n) is 13.5. The molecule has 0 bridgehead atoms. The maximum absolute atomic E-state index is 12.7. The molecule has 6 heteroatoms. The van der Waals surface area contributed by atoms with Crippen molar-refractivity contribution in [3.05, 3.63) is 59.1 Å². The minimum atomic E-state index is -3.50. The van der Waals surface area contributed by atoms with E-state index in [0.29, 0.717) is 31.0 Å². The van der Waals surface area contributed by atoms with E-state index in [1.807, 2.05) is 37.3 Å². The van der Waals surface area contributed by atoms with Gasteiger partial charge >= 0.3 is 0 Å². The van der Waals surface area contributed by atoms with Crippen molar-refractivity contribution in [1.82, 2.24) is 4.31 Å². The first-order chi connectivity index (χ1) is 11.5. The van der Waals surface area contributed by atoms with Gasteiger partial charge in [0.25, 0.3) is 0 Å². The molecule has 2 aromatic rings. The van der Waals surface area contributed by atoms with Gasteiger partial charge in [-0.05, 0) is 49.6 Å². The van der Waals surface area contributed by atoms with Crippen molar-refractivity contribution in [3.63, 3.8) is 0 Å². The van der Waals surface area contributed by atoms with Gasteiger partial charge in [0.15, 0.2) is 0 Å². The zero-order valence-corrected chi connectivity index (χ0v) is 15.1. The van der Waals surface area contributed by atoms with Crippen LogP contribution >= 0.6 is 11.6 Å². The number of aryl methyl sites for hydroxylation is 1. The Morgan fingerprint density at radius 2 is 1.75 bits per heavy atom. The molecule has 4 nitrogen and oxygen atoms in total. The van der Waals surface area contributed by atoms with Gasteiger partial charge in [-0.3, -0.25) is 0 Å². The quantitative estimate of drug-likeness (QED) is 0.826. The van der Waals surface area contributed by atoms with Crippen LogP contribution in [0.1, 0.15) is 18.4 Å². The Balaban J connectivity index is 1.66. The Labute approximate surface area is 148 Å². The molecule has 2 aromatic carbocycles. The SMILES string of the molecule is Cc1ccc(S(=O)(=O)N2CCC(Oc3ccccc3)CC2)cc1Cl. The zero-order chi connectivity index (χ0) is 17.2. The number of para-hydroxylation sites is 1. The number of hydrogen-bond acceptors (Lipinski definition) is 3. The van der Waals surface area contributed by atoms with E-state index < -0.39 is 10.0 Å². The molecule has 1 saturated heterocycles. The lowest BCUT2D eigenvalue weighted by molar-refractivity contribution is 0.135. The molecule has 0 unspecified atom stereocenters. The second kappa shape index (κ2) is 7.13. The van der Waals surface area contributed by atoms with E-state index in [2.05, 4.69) is 0 Å². The molecule has 0 aromatic heterocycles. The monoisotopic (exact) mass is 365 g/mol. The van der Waals surface area contributed by atoms with E-state index >= 15 is 0 Å². The summed E-state index contributed by atoms with van der Waals surface area (Å²) < 4.78 is 32.9. The minimum Gasteiger partial charge on any atom is -0.490 e. The highest BCUT2D eigenvalue weighted by molar-refractivity contribution is 7.89. The molecule has 128 valence electrons. The smallest absolute Gasteiger partial charge is 0.243 e. The van der Waals surface area contributed by atoms with E-state index in [-0.39, 0.29) is 11.0 Å². The van der Waals surface area contributed by atoms with Crippen LogP contribution in [0.2, 0.25) is 5.02 Å². The summed E-state index contributed by atoms with van der Waals surface area (Å²) in [4.78, 5) is 0.250. The standard InChI is InChI=1S/C18H20ClNO3S/c1-14-7-8-17(13-18(14)19)24(21,22)20-11-9-16(10-12-20)23-15-5-3-2-4-6-15/h2-8,13,16H,9-12H2,1H3. The largest absolute Gasteiger partial charge is 0.490 e. The van der Waals surface area contributed by atoms with Crippen molar-refractivity contribution in [2.45, 2.75) is 30.8 Å². The molecular formula is C18H20ClNO3S. The number of ether oxygens (including phenoxy) is 1. The summed E-state index contributed by atoms with van der Waals surface area (Å²) >= 11 is 6.07. The van der Waals surface area contributed by atoms with Gasteiger partial charge in [0.2, 0.25) is 10.0 Å². The van der Waals surface area contributed by atoms with Crippen LogP contribution in [0.4, 0.5) is 0 Å². The lowest BCUT2D eigenvalue weighted by Crippen LogP contribution is -2.41. The first kappa shape index (κ1) is 17.3. The maximum Gasteiger partial charge on any atom is 0.243 e. The summed E-state index contributed by atoms with van der Waals surface area (Å²) in [5.41, 5.74) is 0.866. The molecule has 0 N–H and O–H groups in total. The average Bonchev–Trinajstić information content (AvgIpc) is 2.58. The molecular weight excluding hydrogens is 346 g/mol. The first-order valence-electron chi connectivity index (χ1n) is 7.95. The summed E-state index contributed by atoms with van der Waals surface area (Å²) in [5.74, 6) is 0.823. The Kier molecular flexibility index (Phi) is 5.13. The van der Waals surface area contributed by atoms with Crippen molar-refractivity contribution >= 4 is 21.6 Å². The van der Waals surface area contributed by atoms with Crippen LogP contribution in [0.15, 0.2) is 53.4 Å². The van der Waals surface area contributed by atoms with Gasteiger partial charge in [-0.1, -0.05) is 35.9 Å². The second-order valence-electron chi connectivity index (χ2n) is 5.95. The van der Waals surface area contributed by atoms with Gasteiger partial charge in [-0.25, -0.2) is 8.42 Å². The van der Waals surface area contributed by atoms with Crippen molar-refractivity contribution < 1.29 is 13.2 Å². The fourth-order valence-corrected chi connectivity index (χ4v) is 4.51. The summed E-state index contributed by atoms with van der Waals surface area (Å²) in [6, 6.07) is 14.5. The van der Waals surface area contributed by atoms with Crippen molar-refractivity contribution in [2.24, 2.45) is 0 Å². The molecule has 1 fully saturated rings. The van der Waals surface area contributed by atoms with Crippen LogP contribution in [0, 0.1) is 6.92 Å². The van der Waals surface area contributed by atoms with E-state index in [1.54, 1.807) is 12.1 Å². The fraction of sp³-hybridized carbons (Fsp3) is 0.333. The first-order valence-corrected chi connectivity index (χ1v) is 9.76. The van der Waals surface area contributed by atoms with Crippen LogP contribution in [0.25, 0.3) is 0 Å². The van der Waals surface area contributed by atoms with Gasteiger partial charge in [0, 0.05) is 18.1 Å². The molecule has 1 heterocycles. The molecule has 0 spiro atoms. The van der Waals surface area contributed by atoms with Gasteiger partial charge in [0.1, 0.15) is 11.9 Å². The van der Waals surface area contributed by atoms with E-state index in [0.717, 1.165) is 11.3 Å². The lowest BCUT2D eigenvalue weighted by Gasteiger charge is -2.31. The van der Waals surface area contributed by atoms with E-state index in [9.17, 15) is 8.42 Å². The molecule has 1 aliphatic rings. The molecule has 0 saturated carbocycles. The summed E-state index contributed by atoms with van der Waals surface area (Å²) in [5, 5.41) is 0.471.